The van der Waals surface area contributed by atoms with Gasteiger partial charge in [0, 0.05) is 30.6 Å². The van der Waals surface area contributed by atoms with Crippen molar-refractivity contribution in [1.82, 2.24) is 14.5 Å². The number of sulfonamides is 1. The SMILES string of the molecule is CC1(C)NC(C23CC(N(Cc4ccc(Cl)c(F)c4)S(=O)(=O)c4ccccc4)(C2)C3)=N[C@H]1C(=O)N1CCC1. The standard InChI is InChI=1S/C27H30ClFN4O3S/c1-25(2)22(23(34)32-11-6-12-32)30-24(31-25)26-15-27(16-26,17-26)33(14-18-9-10-20(28)21(29)13-18)37(35,36)19-7-4-3-5-8-19/h3-5,7-10,13,22H,6,11-12,14-17H2,1-2H3,(H,30,31)/t22-,26?,27?/m0/s1. The topological polar surface area (TPSA) is 82.1 Å². The third kappa shape index (κ3) is 3.81. The number of hydrogen-bond donors (Lipinski definition) is 1. The first-order valence-electron chi connectivity index (χ1n) is 12.6. The van der Waals surface area contributed by atoms with Gasteiger partial charge in [0.1, 0.15) is 11.7 Å². The lowest BCUT2D eigenvalue weighted by Crippen LogP contribution is -2.78. The van der Waals surface area contributed by atoms with Gasteiger partial charge in [0.15, 0.2) is 6.04 Å². The number of aliphatic imine (C=N–C) groups is 1. The van der Waals surface area contributed by atoms with E-state index < -0.39 is 33.0 Å². The highest BCUT2D eigenvalue weighted by atomic mass is 35.5. The first-order valence-corrected chi connectivity index (χ1v) is 14.4. The average Bonchev–Trinajstić information content (AvgIpc) is 3.08. The zero-order chi connectivity index (χ0) is 26.2. The number of likely N-dealkylation sites (tertiary alicyclic amines) is 1. The minimum absolute atomic E-state index is 0.000877. The molecule has 2 bridgehead atoms. The van der Waals surface area contributed by atoms with Gasteiger partial charge in [0.05, 0.1) is 15.5 Å². The lowest BCUT2D eigenvalue weighted by Gasteiger charge is -2.73. The summed E-state index contributed by atoms with van der Waals surface area (Å²) in [5.74, 6) is 0.292. The van der Waals surface area contributed by atoms with Crippen LogP contribution in [-0.4, -0.2) is 59.6 Å². The molecule has 1 amide bonds. The van der Waals surface area contributed by atoms with Crippen molar-refractivity contribution in [3.63, 3.8) is 0 Å². The molecule has 2 aromatic rings. The molecule has 10 heteroatoms. The highest BCUT2D eigenvalue weighted by molar-refractivity contribution is 7.89. The van der Waals surface area contributed by atoms with Gasteiger partial charge < -0.3 is 10.2 Å². The van der Waals surface area contributed by atoms with E-state index in [1.54, 1.807) is 36.4 Å². The predicted octanol–water partition coefficient (Wildman–Crippen LogP) is 3.97. The fraction of sp³-hybridized carbons (Fsp3) is 0.481. The monoisotopic (exact) mass is 544 g/mol. The van der Waals surface area contributed by atoms with Crippen molar-refractivity contribution in [2.45, 2.75) is 68.1 Å². The van der Waals surface area contributed by atoms with Gasteiger partial charge in [-0.1, -0.05) is 35.9 Å². The summed E-state index contributed by atoms with van der Waals surface area (Å²) in [6, 6.07) is 12.3. The number of amidine groups is 1. The summed E-state index contributed by atoms with van der Waals surface area (Å²) >= 11 is 5.87. The molecule has 1 atom stereocenters. The molecule has 2 aliphatic heterocycles. The molecule has 0 aromatic heterocycles. The van der Waals surface area contributed by atoms with Crippen LogP contribution in [0.15, 0.2) is 58.4 Å². The Labute approximate surface area is 221 Å². The predicted molar refractivity (Wildman–Crippen MR) is 139 cm³/mol. The number of nitrogens with one attached hydrogen (secondary N) is 1. The summed E-state index contributed by atoms with van der Waals surface area (Å²) in [7, 11) is -3.85. The molecule has 3 aliphatic carbocycles. The summed E-state index contributed by atoms with van der Waals surface area (Å²) in [5, 5.41) is 3.51. The van der Waals surface area contributed by atoms with Crippen molar-refractivity contribution >= 4 is 33.4 Å². The van der Waals surface area contributed by atoms with Gasteiger partial charge in [-0.15, -0.1) is 0 Å². The van der Waals surface area contributed by atoms with Gasteiger partial charge in [0.25, 0.3) is 0 Å². The summed E-state index contributed by atoms with van der Waals surface area (Å²) < 4.78 is 43.4. The number of amides is 1. The summed E-state index contributed by atoms with van der Waals surface area (Å²) in [5.41, 5.74) is -0.811. The molecule has 4 fully saturated rings. The third-order valence-electron chi connectivity index (χ3n) is 8.46. The van der Waals surface area contributed by atoms with Crippen LogP contribution >= 0.6 is 11.6 Å². The zero-order valence-corrected chi connectivity index (χ0v) is 22.4. The third-order valence-corrected chi connectivity index (χ3v) is 10.7. The fourth-order valence-electron chi connectivity index (χ4n) is 6.32. The smallest absolute Gasteiger partial charge is 0.249 e. The zero-order valence-electron chi connectivity index (χ0n) is 20.9. The van der Waals surface area contributed by atoms with Crippen LogP contribution in [0.3, 0.4) is 0 Å². The largest absolute Gasteiger partial charge is 0.366 e. The van der Waals surface area contributed by atoms with Crippen LogP contribution in [0.1, 0.15) is 45.1 Å². The van der Waals surface area contributed by atoms with E-state index in [2.05, 4.69) is 5.32 Å². The molecule has 3 saturated carbocycles. The number of nitrogens with zero attached hydrogens (tertiary/aromatic N) is 3. The maximum Gasteiger partial charge on any atom is 0.249 e. The van der Waals surface area contributed by atoms with Gasteiger partial charge in [-0.25, -0.2) is 12.8 Å². The summed E-state index contributed by atoms with van der Waals surface area (Å²) in [6.07, 6.45) is 2.84. The first kappa shape index (κ1) is 24.8. The van der Waals surface area contributed by atoms with E-state index in [1.807, 2.05) is 18.7 Å². The van der Waals surface area contributed by atoms with E-state index in [1.165, 1.54) is 16.4 Å². The minimum atomic E-state index is -3.85. The molecule has 0 unspecified atom stereocenters. The van der Waals surface area contributed by atoms with E-state index in [0.717, 1.165) is 25.3 Å². The molecular weight excluding hydrogens is 515 g/mol. The molecule has 5 aliphatic rings. The number of benzene rings is 2. The quantitative estimate of drug-likeness (QED) is 0.572. The molecule has 0 spiro atoms. The summed E-state index contributed by atoms with van der Waals surface area (Å²) in [4.78, 5) is 19.9. The second kappa shape index (κ2) is 8.25. The molecule has 196 valence electrons. The number of hydrogen-bond acceptors (Lipinski definition) is 5. The van der Waals surface area contributed by atoms with Gasteiger partial charge in [-0.3, -0.25) is 9.79 Å². The molecule has 1 saturated heterocycles. The normalized spacial score (nSPS) is 29.6. The van der Waals surface area contributed by atoms with Crippen molar-refractivity contribution in [1.29, 1.82) is 0 Å². The second-order valence-corrected chi connectivity index (χ2v) is 13.8. The van der Waals surface area contributed by atoms with Crippen molar-refractivity contribution in [2.24, 2.45) is 10.4 Å². The van der Waals surface area contributed by atoms with Crippen LogP contribution in [-0.2, 0) is 21.4 Å². The molecule has 37 heavy (non-hydrogen) atoms. The fourth-order valence-corrected chi connectivity index (χ4v) is 8.22. The van der Waals surface area contributed by atoms with Crippen LogP contribution in [0, 0.1) is 11.2 Å². The number of rotatable bonds is 7. The van der Waals surface area contributed by atoms with Crippen molar-refractivity contribution in [3.05, 3.63) is 64.9 Å². The van der Waals surface area contributed by atoms with E-state index in [4.69, 9.17) is 16.6 Å². The number of carbonyl (C=O) groups is 1. The van der Waals surface area contributed by atoms with E-state index >= 15 is 0 Å². The first-order chi connectivity index (χ1) is 17.5. The second-order valence-electron chi connectivity index (χ2n) is 11.5. The van der Waals surface area contributed by atoms with Crippen molar-refractivity contribution < 1.29 is 17.6 Å². The molecule has 7 rings (SSSR count). The molecule has 1 N–H and O–H groups in total. The lowest BCUT2D eigenvalue weighted by molar-refractivity contribution is -0.151. The summed E-state index contributed by atoms with van der Waals surface area (Å²) in [6.45, 7) is 5.59. The Bertz CT molecular complexity index is 1390. The minimum Gasteiger partial charge on any atom is -0.366 e. The van der Waals surface area contributed by atoms with Crippen LogP contribution < -0.4 is 5.32 Å². The Morgan fingerprint density at radius 2 is 1.84 bits per heavy atom. The Morgan fingerprint density at radius 3 is 2.43 bits per heavy atom. The Morgan fingerprint density at radius 1 is 1.16 bits per heavy atom. The molecule has 2 heterocycles. The van der Waals surface area contributed by atoms with E-state index in [-0.39, 0.29) is 27.8 Å². The van der Waals surface area contributed by atoms with Gasteiger partial charge in [-0.2, -0.15) is 4.31 Å². The van der Waals surface area contributed by atoms with Crippen LogP contribution in [0.2, 0.25) is 5.02 Å². The van der Waals surface area contributed by atoms with Crippen molar-refractivity contribution in [2.75, 3.05) is 13.1 Å². The Hall–Kier alpha value is -2.49. The number of carbonyl (C=O) groups excluding carboxylic acids is 1. The van der Waals surface area contributed by atoms with Crippen LogP contribution in [0.5, 0.6) is 0 Å². The molecular formula is C27H30ClFN4O3S. The lowest BCUT2D eigenvalue weighted by atomic mass is 9.38. The highest BCUT2D eigenvalue weighted by Crippen LogP contribution is 2.71. The van der Waals surface area contributed by atoms with E-state index in [0.29, 0.717) is 24.8 Å². The van der Waals surface area contributed by atoms with Gasteiger partial charge >= 0.3 is 0 Å². The Kier molecular flexibility index (Phi) is 5.54. The Balaban J connectivity index is 1.28. The van der Waals surface area contributed by atoms with Gasteiger partial charge in [0.2, 0.25) is 15.9 Å². The van der Waals surface area contributed by atoms with Crippen LogP contribution in [0.25, 0.3) is 0 Å². The van der Waals surface area contributed by atoms with E-state index in [9.17, 15) is 17.6 Å². The van der Waals surface area contributed by atoms with Crippen LogP contribution in [0.4, 0.5) is 4.39 Å². The molecule has 7 nitrogen and oxygen atoms in total. The van der Waals surface area contributed by atoms with Gasteiger partial charge in [-0.05, 0) is 69.4 Å². The molecule has 2 aromatic carbocycles. The number of halogens is 2. The highest BCUT2D eigenvalue weighted by Gasteiger charge is 2.75. The average molecular weight is 545 g/mol. The maximum atomic E-state index is 14.2. The van der Waals surface area contributed by atoms with Crippen molar-refractivity contribution in [3.8, 4) is 0 Å². The maximum absolute atomic E-state index is 14.2. The molecule has 0 radical (unpaired) electrons.